The summed E-state index contributed by atoms with van der Waals surface area (Å²) in [4.78, 5) is 174. The van der Waals surface area contributed by atoms with Gasteiger partial charge in [0.25, 0.3) is 0 Å². The monoisotopic (exact) mass is 1190 g/mol. The number of guanidine groups is 1. The van der Waals surface area contributed by atoms with E-state index in [1.807, 2.05) is 0 Å². The maximum atomic E-state index is 14.2. The summed E-state index contributed by atoms with van der Waals surface area (Å²) in [7, 11) is 0. The summed E-state index contributed by atoms with van der Waals surface area (Å²) in [5, 5.41) is 60.2. The third-order valence-electron chi connectivity index (χ3n) is 13.3. The number of aliphatic hydroxyl groups is 1. The molecule has 0 aliphatic rings. The molecule has 0 aliphatic carbocycles. The van der Waals surface area contributed by atoms with Crippen molar-refractivity contribution < 1.29 is 82.8 Å². The van der Waals surface area contributed by atoms with E-state index in [2.05, 4.69) is 52.8 Å². The van der Waals surface area contributed by atoms with Gasteiger partial charge in [0, 0.05) is 18.9 Å². The summed E-state index contributed by atoms with van der Waals surface area (Å²) in [5.41, 5.74) is 27.6. The van der Waals surface area contributed by atoms with Gasteiger partial charge in [-0.25, -0.2) is 4.79 Å². The van der Waals surface area contributed by atoms with Crippen LogP contribution in [0.3, 0.4) is 0 Å². The highest BCUT2D eigenvalue weighted by Crippen LogP contribution is 2.23. The van der Waals surface area contributed by atoms with E-state index in [1.54, 1.807) is 41.5 Å². The summed E-state index contributed by atoms with van der Waals surface area (Å²) in [6.07, 6.45) is -2.18. The molecule has 0 spiro atoms. The molecule has 0 heterocycles. The van der Waals surface area contributed by atoms with E-state index >= 15 is 0 Å². The molecule has 23 N–H and O–H groups in total. The largest absolute Gasteiger partial charge is 0.508 e. The predicted molar refractivity (Wildman–Crippen MR) is 300 cm³/mol. The Morgan fingerprint density at radius 1 is 0.548 bits per heavy atom. The fraction of sp³-hybridized carbons (Fsp3) is 0.615. The molecule has 12 atom stereocenters. The number of rotatable bonds is 39. The van der Waals surface area contributed by atoms with E-state index in [0.29, 0.717) is 12.0 Å². The molecule has 0 saturated heterocycles. The quantitative estimate of drug-likeness (QED) is 0.0166. The average molecular weight is 1190 g/mol. The molecule has 1 rings (SSSR count). The number of carbonyl (C=O) groups is 13. The van der Waals surface area contributed by atoms with Crippen LogP contribution in [0.4, 0.5) is 0 Å². The van der Waals surface area contributed by atoms with Gasteiger partial charge in [-0.15, -0.1) is 0 Å². The minimum Gasteiger partial charge on any atom is -0.508 e. The Labute approximate surface area is 485 Å². The van der Waals surface area contributed by atoms with Crippen LogP contribution in [0.2, 0.25) is 0 Å². The number of aliphatic hydroxyl groups excluding tert-OH is 1. The molecule has 11 amide bonds. The molecular weight excluding hydrogens is 1110 g/mol. The number of aliphatic carboxylic acids is 2. The van der Waals surface area contributed by atoms with Gasteiger partial charge in [-0.2, -0.15) is 0 Å². The van der Waals surface area contributed by atoms with Gasteiger partial charge in [0.15, 0.2) is 5.96 Å². The van der Waals surface area contributed by atoms with Crippen molar-refractivity contribution in [2.75, 3.05) is 19.7 Å². The van der Waals surface area contributed by atoms with E-state index in [1.165, 1.54) is 31.2 Å². The number of nitrogens with two attached hydrogens (primary N) is 5. The van der Waals surface area contributed by atoms with Crippen LogP contribution in [0.15, 0.2) is 29.3 Å². The number of carboxylic acids is 2. The van der Waals surface area contributed by atoms with Crippen LogP contribution in [-0.2, 0) is 62.3 Å². The lowest BCUT2D eigenvalue weighted by Crippen LogP contribution is -2.62. The number of phenolic OH excluding ortho intramolecular Hbond substituents is 1. The van der Waals surface area contributed by atoms with Crippen molar-refractivity contribution in [3.8, 4) is 5.75 Å². The van der Waals surface area contributed by atoms with Gasteiger partial charge in [0.05, 0.1) is 32.0 Å². The zero-order valence-corrected chi connectivity index (χ0v) is 48.2. The lowest BCUT2D eigenvalue weighted by atomic mass is 9.92. The molecule has 1 aromatic rings. The topological polar surface area (TPSA) is 554 Å². The van der Waals surface area contributed by atoms with Gasteiger partial charge >= 0.3 is 11.9 Å². The van der Waals surface area contributed by atoms with Crippen LogP contribution in [-0.4, -0.2) is 177 Å². The van der Waals surface area contributed by atoms with Crippen molar-refractivity contribution in [3.63, 3.8) is 0 Å². The number of nitrogens with one attached hydrogen (secondary N) is 9. The lowest BCUT2D eigenvalue weighted by Gasteiger charge is -2.30. The predicted octanol–water partition coefficient (Wildman–Crippen LogP) is -5.30. The number of aromatic hydroxyl groups is 1. The summed E-state index contributed by atoms with van der Waals surface area (Å²) < 4.78 is 0. The van der Waals surface area contributed by atoms with Gasteiger partial charge < -0.3 is 96.9 Å². The number of aliphatic imine (C=N–C) groups is 1. The SMILES string of the molecule is CC[C@H](C)[C@H](NC(=O)CNC(=O)[C@H](NC(=O)[C@@H](N)CC(=O)O)[C@@H](C)c1ccc(O)cc1)C(=O)N[C@@H](CC(C)C)C(=O)N[C@@H](CCC(N)=O)C(=O)N[C@H](C(=O)N[C@@H](CC(N)=O)C(=O)N[C@@H](CO)C(=O)N[C@@H](CCCN=C(N)N)C(=O)O)[C@@H](C)CC. The first-order chi connectivity index (χ1) is 39.3. The highest BCUT2D eigenvalue weighted by Gasteiger charge is 2.37. The van der Waals surface area contributed by atoms with Crippen molar-refractivity contribution in [2.45, 2.75) is 167 Å². The molecule has 0 aromatic heterocycles. The summed E-state index contributed by atoms with van der Waals surface area (Å²) in [6, 6.07) is -8.46. The molecule has 0 aliphatic heterocycles. The molecule has 0 fully saturated rings. The van der Waals surface area contributed by atoms with Crippen LogP contribution < -0.4 is 76.5 Å². The van der Waals surface area contributed by atoms with Gasteiger partial charge in [-0.1, -0.05) is 73.4 Å². The fourth-order valence-corrected chi connectivity index (χ4v) is 8.05. The molecule has 470 valence electrons. The van der Waals surface area contributed by atoms with E-state index in [0.717, 1.165) is 0 Å². The molecule has 0 bridgehead atoms. The van der Waals surface area contributed by atoms with Crippen LogP contribution in [0, 0.1) is 17.8 Å². The van der Waals surface area contributed by atoms with Crippen LogP contribution >= 0.6 is 0 Å². The number of nitrogens with zero attached hydrogens (tertiary/aromatic N) is 1. The third kappa shape index (κ3) is 26.5. The Morgan fingerprint density at radius 3 is 1.54 bits per heavy atom. The number of carbonyl (C=O) groups excluding carboxylic acids is 11. The van der Waals surface area contributed by atoms with E-state index in [-0.39, 0.29) is 49.9 Å². The lowest BCUT2D eigenvalue weighted by molar-refractivity contribution is -0.143. The number of carboxylic acid groups (broad SMARTS) is 2. The molecule has 0 unspecified atom stereocenters. The van der Waals surface area contributed by atoms with Crippen LogP contribution in [0.25, 0.3) is 0 Å². The molecule has 32 nitrogen and oxygen atoms in total. The first-order valence-corrected chi connectivity index (χ1v) is 27.2. The van der Waals surface area contributed by atoms with Crippen LogP contribution in [0.5, 0.6) is 5.75 Å². The fourth-order valence-electron chi connectivity index (χ4n) is 8.05. The number of primary amides is 2. The van der Waals surface area contributed by atoms with E-state index in [4.69, 9.17) is 33.8 Å². The molecule has 0 saturated carbocycles. The Kier molecular flexibility index (Phi) is 32.1. The summed E-state index contributed by atoms with van der Waals surface area (Å²) in [5.74, 6) is -16.8. The smallest absolute Gasteiger partial charge is 0.326 e. The molecule has 32 heteroatoms. The second-order valence-corrected chi connectivity index (χ2v) is 20.7. The number of benzene rings is 1. The number of phenols is 1. The van der Waals surface area contributed by atoms with Gasteiger partial charge in [-0.3, -0.25) is 62.5 Å². The Balaban J connectivity index is 3.43. The van der Waals surface area contributed by atoms with Gasteiger partial charge in [0.1, 0.15) is 54.1 Å². The molecular formula is C52H85N15O17. The minimum atomic E-state index is -1.85. The average Bonchev–Trinajstić information content (AvgIpc) is 3.63. The molecule has 1 aromatic carbocycles. The zero-order chi connectivity index (χ0) is 64.1. The van der Waals surface area contributed by atoms with E-state index in [9.17, 15) is 77.6 Å². The van der Waals surface area contributed by atoms with Gasteiger partial charge in [-0.05, 0) is 61.1 Å². The maximum Gasteiger partial charge on any atom is 0.326 e. The highest BCUT2D eigenvalue weighted by atomic mass is 16.4. The first-order valence-electron chi connectivity index (χ1n) is 27.2. The van der Waals surface area contributed by atoms with Crippen LogP contribution in [0.1, 0.15) is 118 Å². The van der Waals surface area contributed by atoms with Crippen molar-refractivity contribution in [2.24, 2.45) is 51.4 Å². The summed E-state index contributed by atoms with van der Waals surface area (Å²) in [6.45, 7) is 9.67. The molecule has 0 radical (unpaired) electrons. The number of amides is 11. The normalized spacial score (nSPS) is 15.3. The number of hydrogen-bond acceptors (Lipinski definition) is 17. The second-order valence-electron chi connectivity index (χ2n) is 20.7. The maximum absolute atomic E-state index is 14.2. The highest BCUT2D eigenvalue weighted by molar-refractivity contribution is 5.99. The van der Waals surface area contributed by atoms with Crippen molar-refractivity contribution in [1.82, 2.24) is 47.9 Å². The van der Waals surface area contributed by atoms with E-state index < -0.39 is 188 Å². The Hall–Kier alpha value is -8.68. The van der Waals surface area contributed by atoms with Crippen molar-refractivity contribution in [1.29, 1.82) is 0 Å². The van der Waals surface area contributed by atoms with Gasteiger partial charge in [0.2, 0.25) is 65.0 Å². The first kappa shape index (κ1) is 73.3. The standard InChI is InChI=1S/C52H85N15O17/c1-8-25(5)40(65-38(72)22-59-48(80)42(67-43(75)30(53)20-39(73)74)27(7)28-12-14-29(69)15-13-28)49(81)62-33(19-24(3)4)45(77)60-31(16-17-36(54)70)44(76)66-41(26(6)9-2)50(82)63-34(21-37(55)71)46(78)64-35(23-68)47(79)61-32(51(83)84)11-10-18-58-52(56)57/h12-15,24-27,30-35,40-42,68-69H,8-11,16-23,53H2,1-7H3,(H2,54,70)(H2,55,71)(H,59,80)(H,60,77)(H,61,79)(H,62,81)(H,63,82)(H,64,78)(H,65,72)(H,66,76)(H,67,75)(H,73,74)(H,83,84)(H4,56,57,58)/t25-,26-,27-,30-,31-,32-,33-,34-,35-,40-,41-,42+/m0/s1. The minimum absolute atomic E-state index is 0.0200. The van der Waals surface area contributed by atoms with Crippen molar-refractivity contribution in [3.05, 3.63) is 29.8 Å². The van der Waals surface area contributed by atoms with Crippen molar-refractivity contribution >= 4 is 82.9 Å². The Morgan fingerprint density at radius 2 is 1.04 bits per heavy atom. The third-order valence-corrected chi connectivity index (χ3v) is 13.3. The molecule has 84 heavy (non-hydrogen) atoms. The number of hydrogen-bond donors (Lipinski definition) is 18. The Bertz CT molecular complexity index is 2490. The summed E-state index contributed by atoms with van der Waals surface area (Å²) >= 11 is 0. The second kappa shape index (κ2) is 36.7. The zero-order valence-electron chi connectivity index (χ0n) is 48.2.